The van der Waals surface area contributed by atoms with E-state index in [2.05, 4.69) is 38.1 Å². The Balaban J connectivity index is 0.000000589. The predicted molar refractivity (Wildman–Crippen MR) is 155 cm³/mol. The molecule has 45 heavy (non-hydrogen) atoms. The van der Waals surface area contributed by atoms with Gasteiger partial charge in [-0.2, -0.15) is 25.3 Å². The van der Waals surface area contributed by atoms with Crippen molar-refractivity contribution in [1.82, 2.24) is 0 Å². The Hall–Kier alpha value is 1.94. The summed E-state index contributed by atoms with van der Waals surface area (Å²) in [5.41, 5.74) is -2.45. The van der Waals surface area contributed by atoms with Gasteiger partial charge in [0.1, 0.15) is 0 Å². The van der Waals surface area contributed by atoms with Crippen LogP contribution in [-0.4, -0.2) is 129 Å². The Bertz CT molecular complexity index is 1010. The topological polar surface area (TPSA) is 274 Å². The average Bonchev–Trinajstić information content (AvgIpc) is 2.97. The number of rotatable bonds is 4. The van der Waals surface area contributed by atoms with Crippen LogP contribution in [0, 0.1) is 16.2 Å². The first kappa shape index (κ1) is 46.9. The van der Waals surface area contributed by atoms with Crippen molar-refractivity contribution in [2.24, 2.45) is 16.2 Å². The van der Waals surface area contributed by atoms with E-state index in [0.29, 0.717) is 0 Å². The molecule has 4 fully saturated rings. The van der Waals surface area contributed by atoms with Gasteiger partial charge in [0.2, 0.25) is 9.23 Å². The fourth-order valence-corrected chi connectivity index (χ4v) is 5.65. The minimum atomic E-state index is -3.95. The Kier molecular flexibility index (Phi) is 23.7. The molecule has 4 aliphatic heterocycles. The van der Waals surface area contributed by atoms with E-state index in [-0.39, 0.29) is 52.9 Å². The number of hydrogen-bond donors (Lipinski definition) is 4. The molecule has 0 bridgehead atoms. The standard InChI is InChI=1S/C5H8O8S2.C5H8O6S2.C5H12O4.Cl2OS.3ClH.Ru/c6-14(7)10-1-5(2-11-14)3-12-15(8,9)13-4-5;6-12-8-1-5(2-9-12)3-10-13(7)11-4-5;6-1-5(2-7,3-8)4-9;1-4(2)3;;;;/h1-4H2;1-4H2;6-9H,1-4H2;;3*1H;/q;;;;;;;+3/p-3. The number of aliphatic hydroxyl groups is 4. The zero-order valence-corrected chi connectivity index (χ0v) is 31.8. The Morgan fingerprint density at radius 3 is 1.00 bits per heavy atom. The van der Waals surface area contributed by atoms with E-state index in [1.54, 1.807) is 0 Å². The van der Waals surface area contributed by atoms with E-state index in [0.717, 1.165) is 0 Å². The number of halogens is 5. The van der Waals surface area contributed by atoms with E-state index in [4.69, 9.17) is 70.4 Å². The molecule has 0 aromatic heterocycles. The Morgan fingerprint density at radius 1 is 0.622 bits per heavy atom. The number of aliphatic hydroxyl groups excluding tert-OH is 4. The molecule has 4 rings (SSSR count). The van der Waals surface area contributed by atoms with Crippen molar-refractivity contribution in [1.29, 1.82) is 0 Å². The Labute approximate surface area is 292 Å². The molecule has 4 N–H and O–H groups in total. The van der Waals surface area contributed by atoms with Crippen LogP contribution in [0.5, 0.6) is 0 Å². The molecule has 0 aromatic rings. The number of hydrogen-bond acceptors (Lipinski definition) is 19. The van der Waals surface area contributed by atoms with Crippen molar-refractivity contribution in [3.63, 3.8) is 0 Å². The van der Waals surface area contributed by atoms with Crippen LogP contribution in [0.4, 0.5) is 0 Å². The first-order valence-corrected chi connectivity index (χ1v) is 25.2. The van der Waals surface area contributed by atoms with Gasteiger partial charge >= 0.3 is 85.6 Å². The van der Waals surface area contributed by atoms with Crippen molar-refractivity contribution in [3.05, 3.63) is 0 Å². The fourth-order valence-electron chi connectivity index (χ4n) is 2.42. The molecule has 4 heterocycles. The van der Waals surface area contributed by atoms with Gasteiger partial charge in [-0.3, -0.25) is 16.7 Å². The first-order valence-electron chi connectivity index (χ1n) is 11.0. The second-order valence-electron chi connectivity index (χ2n) is 8.79. The van der Waals surface area contributed by atoms with Crippen molar-refractivity contribution in [2.45, 2.75) is 0 Å². The van der Waals surface area contributed by atoms with E-state index in [1.807, 2.05) is 0 Å². The average molecular weight is 951 g/mol. The maximum atomic E-state index is 10.8. The summed E-state index contributed by atoms with van der Waals surface area (Å²) in [6.45, 7) is -1.56. The van der Waals surface area contributed by atoms with Crippen LogP contribution in [0.2, 0.25) is 0 Å². The molecular formula is C15H28Cl5O19RuS5. The molecule has 4 saturated heterocycles. The van der Waals surface area contributed by atoms with Crippen LogP contribution in [-0.2, 0) is 99.2 Å². The molecule has 2 spiro atoms. The molecule has 0 amide bonds. The van der Waals surface area contributed by atoms with Crippen LogP contribution >= 0.6 is 50.4 Å². The third-order valence-electron chi connectivity index (χ3n) is 5.22. The Morgan fingerprint density at radius 2 is 0.822 bits per heavy atom. The van der Waals surface area contributed by atoms with Gasteiger partial charge in [0, 0.05) is 21.4 Å². The van der Waals surface area contributed by atoms with E-state index in [1.165, 1.54) is 0 Å². The van der Waals surface area contributed by atoms with Crippen LogP contribution in [0.25, 0.3) is 0 Å². The van der Waals surface area contributed by atoms with Gasteiger partial charge in [-0.25, -0.2) is 20.9 Å². The summed E-state index contributed by atoms with van der Waals surface area (Å²) in [4.78, 5) is 0. The summed E-state index contributed by atoms with van der Waals surface area (Å²) in [7, 11) is 14.3. The molecule has 19 nitrogen and oxygen atoms in total. The first-order chi connectivity index (χ1) is 20.7. The predicted octanol–water partition coefficient (Wildman–Crippen LogP) is -1.17. The zero-order valence-electron chi connectivity index (χ0n) is 22.2. The van der Waals surface area contributed by atoms with Crippen molar-refractivity contribution < 1.29 is 96.3 Å². The second-order valence-corrected chi connectivity index (χ2v) is 23.6. The van der Waals surface area contributed by atoms with Crippen molar-refractivity contribution in [2.75, 3.05) is 79.3 Å². The molecular weight excluding hydrogens is 923 g/mol. The van der Waals surface area contributed by atoms with Gasteiger partial charge in [-0.1, -0.05) is 0 Å². The third-order valence-corrected chi connectivity index (χ3v) is 8.09. The molecule has 0 aliphatic carbocycles. The van der Waals surface area contributed by atoms with E-state index < -0.39 is 108 Å². The molecule has 0 atom stereocenters. The van der Waals surface area contributed by atoms with Gasteiger partial charge in [-0.15, -0.1) is 0 Å². The molecule has 30 heteroatoms. The van der Waals surface area contributed by atoms with Gasteiger partial charge in [0.05, 0.1) is 95.5 Å². The third kappa shape index (κ3) is 20.4. The van der Waals surface area contributed by atoms with Gasteiger partial charge in [0.25, 0.3) is 0 Å². The molecule has 0 unspecified atom stereocenters. The van der Waals surface area contributed by atoms with E-state index in [9.17, 15) is 25.3 Å². The molecule has 0 aromatic carbocycles. The molecule has 0 radical (unpaired) electrons. The second kappa shape index (κ2) is 22.7. The van der Waals surface area contributed by atoms with Gasteiger partial charge in [0.15, 0.2) is 0 Å². The summed E-state index contributed by atoms with van der Waals surface area (Å²) < 4.78 is 110. The summed E-state index contributed by atoms with van der Waals surface area (Å²) in [6.07, 6.45) is 0. The normalized spacial score (nSPS) is 28.4. The monoisotopic (exact) mass is 949 g/mol. The quantitative estimate of drug-likeness (QED) is 0.191. The summed E-state index contributed by atoms with van der Waals surface area (Å²) in [6, 6.07) is 0. The van der Waals surface area contributed by atoms with Crippen molar-refractivity contribution in [3.8, 4) is 0 Å². The fraction of sp³-hybridized carbons (Fsp3) is 1.00. The van der Waals surface area contributed by atoms with Crippen LogP contribution in [0.1, 0.15) is 0 Å². The van der Waals surface area contributed by atoms with Crippen LogP contribution < -0.4 is 0 Å². The SMILES string of the molecule is O=S(Cl)Cl.O=S1(=O)OCC2(CO1)COS(=O)(=O)OC2.O=S1OCC2(CO1)COS(=O)OC2.OCC(CO)(CO)CO.[Cl][Ru]([Cl])[Cl]. The summed E-state index contributed by atoms with van der Waals surface area (Å²) in [5.74, 6) is 0. The van der Waals surface area contributed by atoms with Gasteiger partial charge < -0.3 is 20.4 Å². The molecule has 0 saturated carbocycles. The van der Waals surface area contributed by atoms with Crippen molar-refractivity contribution >= 4 is 103 Å². The van der Waals surface area contributed by atoms with Crippen LogP contribution in [0.15, 0.2) is 0 Å². The summed E-state index contributed by atoms with van der Waals surface area (Å²) in [5, 5.41) is 34.0. The molecule has 4 aliphatic rings. The summed E-state index contributed by atoms with van der Waals surface area (Å²) >= 11 is -5.08. The zero-order chi connectivity index (χ0) is 35.0. The van der Waals surface area contributed by atoms with Gasteiger partial charge in [-0.05, 0) is 0 Å². The molecule has 275 valence electrons. The minimum absolute atomic E-state index is 0.217. The van der Waals surface area contributed by atoms with E-state index >= 15 is 0 Å². The maximum absolute atomic E-state index is 10.8. The van der Waals surface area contributed by atoms with Crippen LogP contribution in [0.3, 0.4) is 0 Å².